The lowest BCUT2D eigenvalue weighted by Gasteiger charge is -2.35. The van der Waals surface area contributed by atoms with Crippen molar-refractivity contribution in [2.45, 2.75) is 6.92 Å². The number of carbonyl (C=O) groups is 1. The molecule has 0 saturated carbocycles. The normalized spacial score (nSPS) is 15.6. The molecule has 1 N–H and O–H groups in total. The number of nitro benzene ring substituents is 1. The van der Waals surface area contributed by atoms with Crippen LogP contribution in [-0.4, -0.2) is 55.0 Å². The topological polar surface area (TPSA) is 78.7 Å². The van der Waals surface area contributed by atoms with E-state index in [9.17, 15) is 19.3 Å². The number of benzene rings is 1. The highest BCUT2D eigenvalue weighted by molar-refractivity contribution is 5.78. The fourth-order valence-corrected chi connectivity index (χ4v) is 2.51. The standard InChI is InChI=1S/C14H19FN4O3/c1-2-16-14(20)10-17-5-7-18(8-6-17)13-9-11(15)3-4-12(13)19(21)22/h3-4,9H,2,5-8,10H2,1H3,(H,16,20). The maximum absolute atomic E-state index is 13.4. The molecule has 2 rings (SSSR count). The van der Waals surface area contributed by atoms with Crippen molar-refractivity contribution in [3.05, 3.63) is 34.1 Å². The van der Waals surface area contributed by atoms with Crippen LogP contribution in [-0.2, 0) is 4.79 Å². The molecule has 1 aromatic carbocycles. The average Bonchev–Trinajstić information content (AvgIpc) is 2.47. The number of nitro groups is 1. The molecule has 0 aromatic heterocycles. The molecule has 0 radical (unpaired) electrons. The Balaban J connectivity index is 2.01. The molecule has 1 fully saturated rings. The summed E-state index contributed by atoms with van der Waals surface area (Å²) in [5.74, 6) is -0.530. The van der Waals surface area contributed by atoms with Crippen LogP contribution >= 0.6 is 0 Å². The van der Waals surface area contributed by atoms with Gasteiger partial charge in [0.2, 0.25) is 5.91 Å². The molecule has 1 aromatic rings. The van der Waals surface area contributed by atoms with E-state index >= 15 is 0 Å². The van der Waals surface area contributed by atoms with Gasteiger partial charge >= 0.3 is 0 Å². The lowest BCUT2D eigenvalue weighted by Crippen LogP contribution is -2.49. The van der Waals surface area contributed by atoms with Gasteiger partial charge in [-0.25, -0.2) is 4.39 Å². The average molecular weight is 310 g/mol. The zero-order valence-corrected chi connectivity index (χ0v) is 12.4. The van der Waals surface area contributed by atoms with Crippen LogP contribution in [0, 0.1) is 15.9 Å². The van der Waals surface area contributed by atoms with Gasteiger partial charge in [-0.1, -0.05) is 0 Å². The Morgan fingerprint density at radius 3 is 2.64 bits per heavy atom. The zero-order chi connectivity index (χ0) is 16.1. The summed E-state index contributed by atoms with van der Waals surface area (Å²) in [6, 6.07) is 3.47. The largest absolute Gasteiger partial charge is 0.363 e. The number of nitrogens with zero attached hydrogens (tertiary/aromatic N) is 3. The Labute approximate surface area is 127 Å². The quantitative estimate of drug-likeness (QED) is 0.648. The van der Waals surface area contributed by atoms with Crippen molar-refractivity contribution in [2.24, 2.45) is 0 Å². The minimum absolute atomic E-state index is 0.0345. The fraction of sp³-hybridized carbons (Fsp3) is 0.500. The Morgan fingerprint density at radius 1 is 1.36 bits per heavy atom. The maximum Gasteiger partial charge on any atom is 0.292 e. The molecule has 1 aliphatic heterocycles. The van der Waals surface area contributed by atoms with E-state index < -0.39 is 10.7 Å². The first-order valence-electron chi connectivity index (χ1n) is 7.19. The van der Waals surface area contributed by atoms with Gasteiger partial charge in [0.25, 0.3) is 5.69 Å². The van der Waals surface area contributed by atoms with Gasteiger partial charge < -0.3 is 10.2 Å². The molecule has 1 amide bonds. The molecule has 120 valence electrons. The Kier molecular flexibility index (Phi) is 5.26. The lowest BCUT2D eigenvalue weighted by atomic mass is 10.2. The highest BCUT2D eigenvalue weighted by Gasteiger charge is 2.24. The molecule has 1 aliphatic rings. The van der Waals surface area contributed by atoms with Crippen molar-refractivity contribution in [1.29, 1.82) is 0 Å². The van der Waals surface area contributed by atoms with E-state index in [0.717, 1.165) is 6.07 Å². The second-order valence-corrected chi connectivity index (χ2v) is 5.11. The molecule has 22 heavy (non-hydrogen) atoms. The monoisotopic (exact) mass is 310 g/mol. The summed E-state index contributed by atoms with van der Waals surface area (Å²) >= 11 is 0. The number of hydrogen-bond donors (Lipinski definition) is 1. The van der Waals surface area contributed by atoms with Crippen LogP contribution in [0.3, 0.4) is 0 Å². The maximum atomic E-state index is 13.4. The van der Waals surface area contributed by atoms with E-state index in [2.05, 4.69) is 5.32 Å². The molecular weight excluding hydrogens is 291 g/mol. The number of halogens is 1. The Hall–Kier alpha value is -2.22. The van der Waals surface area contributed by atoms with E-state index in [-0.39, 0.29) is 11.6 Å². The number of nitrogens with one attached hydrogen (secondary N) is 1. The highest BCUT2D eigenvalue weighted by Crippen LogP contribution is 2.29. The van der Waals surface area contributed by atoms with Crippen molar-refractivity contribution in [3.8, 4) is 0 Å². The SMILES string of the molecule is CCNC(=O)CN1CCN(c2cc(F)ccc2[N+](=O)[O-])CC1. The van der Waals surface area contributed by atoms with Gasteiger partial charge in [-0.2, -0.15) is 0 Å². The Morgan fingerprint density at radius 2 is 2.05 bits per heavy atom. The van der Waals surface area contributed by atoms with Gasteiger partial charge in [-0.15, -0.1) is 0 Å². The number of amides is 1. The van der Waals surface area contributed by atoms with Gasteiger partial charge in [0.15, 0.2) is 0 Å². The lowest BCUT2D eigenvalue weighted by molar-refractivity contribution is -0.384. The van der Waals surface area contributed by atoms with E-state index in [1.54, 1.807) is 4.90 Å². The first-order valence-corrected chi connectivity index (χ1v) is 7.19. The molecule has 0 atom stereocenters. The minimum Gasteiger partial charge on any atom is -0.363 e. The van der Waals surface area contributed by atoms with Crippen LogP contribution in [0.25, 0.3) is 0 Å². The van der Waals surface area contributed by atoms with E-state index in [4.69, 9.17) is 0 Å². The van der Waals surface area contributed by atoms with Crippen LogP contribution in [0.15, 0.2) is 18.2 Å². The van der Waals surface area contributed by atoms with Crippen molar-refractivity contribution in [1.82, 2.24) is 10.2 Å². The third-order valence-electron chi connectivity index (χ3n) is 3.59. The minimum atomic E-state index is -0.504. The van der Waals surface area contributed by atoms with Crippen LogP contribution in [0.1, 0.15) is 6.92 Å². The molecule has 1 heterocycles. The number of likely N-dealkylation sites (N-methyl/N-ethyl adjacent to an activating group) is 1. The van der Waals surface area contributed by atoms with Gasteiger partial charge in [0, 0.05) is 44.9 Å². The molecule has 8 heteroatoms. The summed E-state index contributed by atoms with van der Waals surface area (Å²) in [5, 5.41) is 13.8. The summed E-state index contributed by atoms with van der Waals surface area (Å²) < 4.78 is 13.4. The van der Waals surface area contributed by atoms with E-state index in [0.29, 0.717) is 45.0 Å². The molecule has 1 saturated heterocycles. The van der Waals surface area contributed by atoms with Crippen LogP contribution in [0.2, 0.25) is 0 Å². The third-order valence-corrected chi connectivity index (χ3v) is 3.59. The third kappa shape index (κ3) is 3.91. The predicted octanol–water partition coefficient (Wildman–Crippen LogP) is 0.992. The van der Waals surface area contributed by atoms with Crippen LogP contribution in [0.5, 0.6) is 0 Å². The van der Waals surface area contributed by atoms with Crippen molar-refractivity contribution in [2.75, 3.05) is 44.2 Å². The summed E-state index contributed by atoms with van der Waals surface area (Å²) in [6.07, 6.45) is 0. The summed E-state index contributed by atoms with van der Waals surface area (Å²) in [7, 11) is 0. The van der Waals surface area contributed by atoms with Crippen LogP contribution < -0.4 is 10.2 Å². The zero-order valence-electron chi connectivity index (χ0n) is 12.4. The van der Waals surface area contributed by atoms with Crippen molar-refractivity contribution in [3.63, 3.8) is 0 Å². The predicted molar refractivity (Wildman–Crippen MR) is 80.4 cm³/mol. The molecule has 0 unspecified atom stereocenters. The number of hydrogen-bond acceptors (Lipinski definition) is 5. The number of anilines is 1. The first-order chi connectivity index (χ1) is 10.5. The van der Waals surface area contributed by atoms with Gasteiger partial charge in [0.1, 0.15) is 11.5 Å². The summed E-state index contributed by atoms with van der Waals surface area (Å²) in [6.45, 7) is 5.00. The van der Waals surface area contributed by atoms with Crippen LogP contribution in [0.4, 0.5) is 15.8 Å². The molecule has 0 spiro atoms. The van der Waals surface area contributed by atoms with Gasteiger partial charge in [0.05, 0.1) is 11.5 Å². The van der Waals surface area contributed by atoms with E-state index in [1.165, 1.54) is 12.1 Å². The molecule has 0 aliphatic carbocycles. The second-order valence-electron chi connectivity index (χ2n) is 5.11. The molecular formula is C14H19FN4O3. The Bertz CT molecular complexity index is 559. The smallest absolute Gasteiger partial charge is 0.292 e. The second kappa shape index (κ2) is 7.17. The van der Waals surface area contributed by atoms with Gasteiger partial charge in [-0.3, -0.25) is 19.8 Å². The highest BCUT2D eigenvalue weighted by atomic mass is 19.1. The van der Waals surface area contributed by atoms with Gasteiger partial charge in [-0.05, 0) is 13.0 Å². The van der Waals surface area contributed by atoms with Crippen molar-refractivity contribution < 1.29 is 14.1 Å². The number of piperazine rings is 1. The fourth-order valence-electron chi connectivity index (χ4n) is 2.51. The van der Waals surface area contributed by atoms with Crippen molar-refractivity contribution >= 4 is 17.3 Å². The number of carbonyl (C=O) groups excluding carboxylic acids is 1. The van der Waals surface area contributed by atoms with E-state index in [1.807, 2.05) is 11.8 Å². The molecule has 0 bridgehead atoms. The first kappa shape index (κ1) is 16.2. The summed E-state index contributed by atoms with van der Waals surface area (Å²) in [5.41, 5.74) is 0.196. The number of rotatable bonds is 5. The summed E-state index contributed by atoms with van der Waals surface area (Å²) in [4.78, 5) is 25.9. The molecule has 7 nitrogen and oxygen atoms in total.